The fraction of sp³-hybridized carbons (Fsp3) is 0.308. The van der Waals surface area contributed by atoms with Crippen LogP contribution in [0, 0.1) is 11.6 Å². The summed E-state index contributed by atoms with van der Waals surface area (Å²) in [6.45, 7) is 10.2. The van der Waals surface area contributed by atoms with Crippen molar-refractivity contribution in [2.24, 2.45) is 0 Å². The smallest absolute Gasteiger partial charge is 0.421 e. The highest BCUT2D eigenvalue weighted by atomic mass is 19.1. The molecule has 0 saturated heterocycles. The molecule has 0 aliphatic heterocycles. The van der Waals surface area contributed by atoms with E-state index in [1.807, 2.05) is 0 Å². The summed E-state index contributed by atoms with van der Waals surface area (Å²) in [5.74, 6) is -2.55. The molecule has 3 aromatic rings. The summed E-state index contributed by atoms with van der Waals surface area (Å²) >= 11 is 0. The van der Waals surface area contributed by atoms with Crippen LogP contribution in [0.15, 0.2) is 48.7 Å². The molecule has 0 unspecified atom stereocenters. The van der Waals surface area contributed by atoms with E-state index >= 15 is 0 Å². The predicted molar refractivity (Wildman–Crippen MR) is 133 cm³/mol. The summed E-state index contributed by atoms with van der Waals surface area (Å²) in [7, 11) is 0. The third-order valence-electron chi connectivity index (χ3n) is 4.51. The van der Waals surface area contributed by atoms with Crippen LogP contribution in [-0.4, -0.2) is 38.8 Å². The molecule has 3 rings (SSSR count). The molecular weight excluding hydrogens is 486 g/mol. The molecule has 0 bridgehead atoms. The first kappa shape index (κ1) is 27.3. The van der Waals surface area contributed by atoms with Gasteiger partial charge in [0.05, 0.1) is 11.9 Å². The van der Waals surface area contributed by atoms with Crippen molar-refractivity contribution < 1.29 is 32.6 Å². The first-order chi connectivity index (χ1) is 17.1. The van der Waals surface area contributed by atoms with Crippen LogP contribution in [0.2, 0.25) is 0 Å². The van der Waals surface area contributed by atoms with Gasteiger partial charge in [-0.15, -0.1) is 0 Å². The summed E-state index contributed by atoms with van der Waals surface area (Å²) in [5.41, 5.74) is -0.632. The molecule has 0 radical (unpaired) electrons. The maximum Gasteiger partial charge on any atom is 0.421 e. The number of aromatic nitrogens is 2. The minimum Gasteiger partial charge on any atom is -0.444 e. The van der Waals surface area contributed by atoms with Crippen LogP contribution in [0.25, 0.3) is 11.3 Å². The Morgan fingerprint density at radius 1 is 0.838 bits per heavy atom. The first-order valence-electron chi connectivity index (χ1n) is 11.3. The summed E-state index contributed by atoms with van der Waals surface area (Å²) in [6, 6.07) is 8.78. The van der Waals surface area contributed by atoms with Crippen molar-refractivity contribution in [2.75, 3.05) is 10.6 Å². The van der Waals surface area contributed by atoms with Crippen LogP contribution in [0.4, 0.5) is 30.0 Å². The number of halogens is 2. The van der Waals surface area contributed by atoms with Gasteiger partial charge in [-0.25, -0.2) is 27.9 Å². The number of nitrogens with one attached hydrogen (secondary N) is 2. The van der Waals surface area contributed by atoms with Crippen LogP contribution >= 0.6 is 0 Å². The van der Waals surface area contributed by atoms with Crippen LogP contribution in [0.3, 0.4) is 0 Å². The van der Waals surface area contributed by atoms with Crippen molar-refractivity contribution in [3.8, 4) is 11.3 Å². The number of rotatable bonds is 4. The van der Waals surface area contributed by atoms with E-state index in [1.165, 1.54) is 18.3 Å². The molecular formula is C26H28F2N4O5. The molecule has 0 saturated carbocycles. The largest absolute Gasteiger partial charge is 0.444 e. The lowest BCUT2D eigenvalue weighted by atomic mass is 10.1. The van der Waals surface area contributed by atoms with Crippen molar-refractivity contribution in [2.45, 2.75) is 52.7 Å². The second-order valence-corrected chi connectivity index (χ2v) is 10.1. The zero-order valence-electron chi connectivity index (χ0n) is 21.3. The van der Waals surface area contributed by atoms with E-state index < -0.39 is 40.9 Å². The molecule has 2 amide bonds. The number of imidazole rings is 1. The molecule has 0 atom stereocenters. The number of nitrogens with zero attached hydrogens (tertiary/aromatic N) is 2. The lowest BCUT2D eigenvalue weighted by Gasteiger charge is -2.22. The van der Waals surface area contributed by atoms with E-state index in [1.54, 1.807) is 53.7 Å². The Kier molecular flexibility index (Phi) is 7.66. The lowest BCUT2D eigenvalue weighted by molar-refractivity contribution is 0.0542. The van der Waals surface area contributed by atoms with Gasteiger partial charge in [0.1, 0.15) is 22.8 Å². The zero-order valence-corrected chi connectivity index (χ0v) is 21.3. The fourth-order valence-electron chi connectivity index (χ4n) is 3.14. The molecule has 2 N–H and O–H groups in total. The van der Waals surface area contributed by atoms with Gasteiger partial charge in [0.2, 0.25) is 5.95 Å². The molecule has 1 aromatic heterocycles. The number of hydrogen-bond acceptors (Lipinski definition) is 6. The number of hydrogen-bond donors (Lipinski definition) is 2. The molecule has 37 heavy (non-hydrogen) atoms. The van der Waals surface area contributed by atoms with E-state index in [0.717, 1.165) is 16.7 Å². The van der Waals surface area contributed by atoms with E-state index in [2.05, 4.69) is 15.6 Å². The third-order valence-corrected chi connectivity index (χ3v) is 4.51. The van der Waals surface area contributed by atoms with Crippen molar-refractivity contribution in [1.82, 2.24) is 9.55 Å². The molecule has 196 valence electrons. The van der Waals surface area contributed by atoms with E-state index in [0.29, 0.717) is 23.0 Å². The second kappa shape index (κ2) is 10.4. The molecule has 0 aliphatic carbocycles. The van der Waals surface area contributed by atoms with Crippen molar-refractivity contribution in [1.29, 1.82) is 0 Å². The summed E-state index contributed by atoms with van der Waals surface area (Å²) in [6.07, 6.45) is -0.211. The van der Waals surface area contributed by atoms with Gasteiger partial charge in [-0.05, 0) is 65.8 Å². The van der Waals surface area contributed by atoms with Gasteiger partial charge in [0, 0.05) is 22.9 Å². The zero-order chi connectivity index (χ0) is 27.5. The highest BCUT2D eigenvalue weighted by molar-refractivity contribution is 6.04. The van der Waals surface area contributed by atoms with E-state index in [4.69, 9.17) is 9.47 Å². The maximum atomic E-state index is 13.4. The van der Waals surface area contributed by atoms with Crippen LogP contribution < -0.4 is 10.6 Å². The number of carbonyl (C=O) groups is 3. The first-order valence-corrected chi connectivity index (χ1v) is 11.3. The molecule has 1 heterocycles. The van der Waals surface area contributed by atoms with Crippen LogP contribution in [0.5, 0.6) is 0 Å². The van der Waals surface area contributed by atoms with Gasteiger partial charge < -0.3 is 14.8 Å². The van der Waals surface area contributed by atoms with Gasteiger partial charge in [-0.3, -0.25) is 10.1 Å². The van der Waals surface area contributed by atoms with Gasteiger partial charge in [0.15, 0.2) is 0 Å². The molecule has 0 spiro atoms. The number of anilines is 2. The lowest BCUT2D eigenvalue weighted by Crippen LogP contribution is -2.31. The highest BCUT2D eigenvalue weighted by Crippen LogP contribution is 2.27. The fourth-order valence-corrected chi connectivity index (χ4v) is 3.14. The van der Waals surface area contributed by atoms with E-state index in [9.17, 15) is 23.2 Å². The normalized spacial score (nSPS) is 11.6. The summed E-state index contributed by atoms with van der Waals surface area (Å²) in [5, 5.41) is 5.01. The summed E-state index contributed by atoms with van der Waals surface area (Å²) in [4.78, 5) is 41.9. The standard InChI is InChI=1S/C26H28F2N4O5/c1-25(2,3)36-23(34)31-22-29-14-20(32(22)24(35)37-26(4,5)6)15-7-9-19(10-8-15)30-21(33)16-11-17(27)13-18(28)12-16/h7-14H,1-6H3,(H,30,33)(H,29,31,34). The molecule has 9 nitrogen and oxygen atoms in total. The van der Waals surface area contributed by atoms with Crippen molar-refractivity contribution in [3.05, 3.63) is 65.9 Å². The molecule has 0 fully saturated rings. The van der Waals surface area contributed by atoms with Gasteiger partial charge in [-0.1, -0.05) is 12.1 Å². The maximum absolute atomic E-state index is 13.4. The monoisotopic (exact) mass is 514 g/mol. The van der Waals surface area contributed by atoms with Crippen molar-refractivity contribution in [3.63, 3.8) is 0 Å². The Morgan fingerprint density at radius 2 is 1.41 bits per heavy atom. The SMILES string of the molecule is CC(C)(C)OC(=O)Nc1ncc(-c2ccc(NC(=O)c3cc(F)cc(F)c3)cc2)n1C(=O)OC(C)(C)C. The van der Waals surface area contributed by atoms with Crippen molar-refractivity contribution >= 4 is 29.7 Å². The number of benzene rings is 2. The average Bonchev–Trinajstić information content (AvgIpc) is 3.14. The van der Waals surface area contributed by atoms with Gasteiger partial charge in [0.25, 0.3) is 5.91 Å². The predicted octanol–water partition coefficient (Wildman–Crippen LogP) is 6.21. The molecule has 0 aliphatic rings. The Hall–Kier alpha value is -4.28. The third kappa shape index (κ3) is 7.60. The number of carbonyl (C=O) groups excluding carboxylic acids is 3. The Morgan fingerprint density at radius 3 is 1.95 bits per heavy atom. The minimum absolute atomic E-state index is 0.107. The average molecular weight is 515 g/mol. The quantitative estimate of drug-likeness (QED) is 0.428. The molecule has 2 aromatic carbocycles. The topological polar surface area (TPSA) is 112 Å². The van der Waals surface area contributed by atoms with Gasteiger partial charge >= 0.3 is 12.2 Å². The number of ether oxygens (including phenoxy) is 2. The van der Waals surface area contributed by atoms with Crippen LogP contribution in [0.1, 0.15) is 51.9 Å². The van der Waals surface area contributed by atoms with Gasteiger partial charge in [-0.2, -0.15) is 0 Å². The summed E-state index contributed by atoms with van der Waals surface area (Å²) < 4.78 is 38.7. The Labute approximate surface area is 212 Å². The van der Waals surface area contributed by atoms with Crippen LogP contribution in [-0.2, 0) is 9.47 Å². The Bertz CT molecular complexity index is 1300. The second-order valence-electron chi connectivity index (χ2n) is 10.1. The van der Waals surface area contributed by atoms with E-state index in [-0.39, 0.29) is 11.5 Å². The Balaban J connectivity index is 1.89. The number of amides is 2. The minimum atomic E-state index is -0.869. The molecule has 11 heteroatoms. The highest BCUT2D eigenvalue weighted by Gasteiger charge is 2.26.